The highest BCUT2D eigenvalue weighted by molar-refractivity contribution is 7.91. The van der Waals surface area contributed by atoms with Crippen LogP contribution in [0, 0.1) is 5.82 Å². The number of aryl methyl sites for hydroxylation is 1. The van der Waals surface area contributed by atoms with E-state index in [0.29, 0.717) is 48.7 Å². The number of alkyl halides is 1. The Kier molecular flexibility index (Phi) is 7.68. The van der Waals surface area contributed by atoms with E-state index < -0.39 is 34.1 Å². The van der Waals surface area contributed by atoms with Gasteiger partial charge in [0.2, 0.25) is 0 Å². The van der Waals surface area contributed by atoms with Gasteiger partial charge in [0, 0.05) is 63.9 Å². The number of fused-ring (bicyclic) bond motifs is 1. The zero-order chi connectivity index (χ0) is 30.3. The summed E-state index contributed by atoms with van der Waals surface area (Å²) in [5, 5.41) is 4.06. The highest BCUT2D eigenvalue weighted by Crippen LogP contribution is 2.42. The largest absolute Gasteiger partial charge is 0.490 e. The molecule has 2 aliphatic heterocycles. The number of rotatable bonds is 8. The van der Waals surface area contributed by atoms with E-state index in [9.17, 15) is 22.0 Å². The molecule has 0 bridgehead atoms. The fraction of sp³-hybridized carbons (Fsp3) is 0.393. The molecule has 4 aromatic rings. The highest BCUT2D eigenvalue weighted by Gasteiger charge is 2.36. The van der Waals surface area contributed by atoms with Crippen molar-refractivity contribution in [3.63, 3.8) is 0 Å². The summed E-state index contributed by atoms with van der Waals surface area (Å²) in [6.07, 6.45) is 4.65. The van der Waals surface area contributed by atoms with Crippen molar-refractivity contribution in [2.75, 3.05) is 36.0 Å². The number of nitrogens with zero attached hydrogens (tertiary/aromatic N) is 6. The summed E-state index contributed by atoms with van der Waals surface area (Å²) in [4.78, 5) is 19.2. The predicted molar refractivity (Wildman–Crippen MR) is 154 cm³/mol. The summed E-state index contributed by atoms with van der Waals surface area (Å²) in [6.45, 7) is 1.18. The second kappa shape index (κ2) is 11.4. The van der Waals surface area contributed by atoms with Crippen LogP contribution in [0.2, 0.25) is 0 Å². The smallest absolute Gasteiger partial charge is 0.327 e. The molecule has 2 saturated heterocycles. The Morgan fingerprint density at radius 1 is 1.19 bits per heavy atom. The summed E-state index contributed by atoms with van der Waals surface area (Å²) in [5.74, 6) is -0.756. The Labute approximate surface area is 247 Å². The molecule has 0 spiro atoms. The first-order valence-corrected chi connectivity index (χ1v) is 15.3. The van der Waals surface area contributed by atoms with Gasteiger partial charge in [0.15, 0.2) is 5.82 Å². The van der Waals surface area contributed by atoms with Crippen molar-refractivity contribution in [2.24, 2.45) is 7.05 Å². The van der Waals surface area contributed by atoms with Gasteiger partial charge in [-0.15, -0.1) is 0 Å². The third-order valence-corrected chi connectivity index (χ3v) is 9.05. The Bertz CT molecular complexity index is 1760. The third-order valence-electron chi connectivity index (χ3n) is 7.70. The number of aromatic nitrogens is 4. The van der Waals surface area contributed by atoms with Crippen LogP contribution < -0.4 is 18.7 Å². The van der Waals surface area contributed by atoms with Crippen molar-refractivity contribution in [3.8, 4) is 5.75 Å². The van der Waals surface area contributed by atoms with Gasteiger partial charge in [0.1, 0.15) is 35.2 Å². The zero-order valence-electron chi connectivity index (χ0n) is 23.6. The molecule has 0 radical (unpaired) electrons. The number of carbonyl (C=O) groups excluding carboxylic acids is 1. The van der Waals surface area contributed by atoms with Crippen molar-refractivity contribution in [3.05, 3.63) is 72.1 Å². The highest BCUT2D eigenvalue weighted by atomic mass is 32.2. The molecule has 1 N–H and O–H groups in total. The van der Waals surface area contributed by atoms with Gasteiger partial charge in [-0.05, 0) is 30.3 Å². The van der Waals surface area contributed by atoms with Crippen LogP contribution in [0.15, 0.2) is 55.0 Å². The Morgan fingerprint density at radius 3 is 2.72 bits per heavy atom. The van der Waals surface area contributed by atoms with Crippen molar-refractivity contribution < 1.29 is 31.5 Å². The van der Waals surface area contributed by atoms with E-state index in [1.165, 1.54) is 40.5 Å². The van der Waals surface area contributed by atoms with Crippen LogP contribution in [0.4, 0.5) is 20.3 Å². The van der Waals surface area contributed by atoms with Crippen LogP contribution in [-0.2, 0) is 22.0 Å². The maximum absolute atomic E-state index is 15.0. The molecule has 15 heteroatoms. The molecule has 12 nitrogen and oxygen atoms in total. The molecular formula is C28H31F2N7O5S. The minimum absolute atomic E-state index is 0.0306. The molecule has 2 aliphatic rings. The molecule has 1 amide bonds. The number of pyridine rings is 1. The topological polar surface area (TPSA) is 123 Å². The molecule has 43 heavy (non-hydrogen) atoms. The van der Waals surface area contributed by atoms with Crippen molar-refractivity contribution in [1.82, 2.24) is 23.9 Å². The minimum atomic E-state index is -4.29. The van der Waals surface area contributed by atoms with Crippen molar-refractivity contribution in [2.45, 2.75) is 37.6 Å². The van der Waals surface area contributed by atoms with E-state index in [2.05, 4.69) is 10.1 Å². The van der Waals surface area contributed by atoms with E-state index in [1.807, 2.05) is 4.72 Å². The van der Waals surface area contributed by atoms with E-state index >= 15 is 0 Å². The predicted octanol–water partition coefficient (Wildman–Crippen LogP) is 3.17. The first-order valence-electron chi connectivity index (χ1n) is 13.8. The molecule has 0 saturated carbocycles. The van der Waals surface area contributed by atoms with Gasteiger partial charge in [-0.2, -0.15) is 13.5 Å². The number of carbonyl (C=O) groups is 1. The first-order chi connectivity index (χ1) is 20.6. The van der Waals surface area contributed by atoms with Crippen molar-refractivity contribution in [1.29, 1.82) is 0 Å². The van der Waals surface area contributed by atoms with Crippen molar-refractivity contribution >= 4 is 33.3 Å². The summed E-state index contributed by atoms with van der Waals surface area (Å²) < 4.78 is 72.8. The lowest BCUT2D eigenvalue weighted by molar-refractivity contribution is 0.0250. The third kappa shape index (κ3) is 5.86. The van der Waals surface area contributed by atoms with Gasteiger partial charge in [-0.1, -0.05) is 0 Å². The van der Waals surface area contributed by atoms with Crippen LogP contribution in [0.1, 0.15) is 41.4 Å². The van der Waals surface area contributed by atoms with Gasteiger partial charge in [-0.3, -0.25) is 13.9 Å². The molecular weight excluding hydrogens is 584 g/mol. The lowest BCUT2D eigenvalue weighted by Gasteiger charge is -2.30. The summed E-state index contributed by atoms with van der Waals surface area (Å²) in [7, 11) is -1.38. The molecule has 3 aromatic heterocycles. The van der Waals surface area contributed by atoms with Gasteiger partial charge >= 0.3 is 10.2 Å². The number of benzene rings is 1. The standard InChI is InChI=1S/C28H31F2N7O5S/c1-34-10-7-27(32-34)35(2)43(39,40)33-28(38)24-15-31-26-6-4-20(17-37(24)26)36-16-19(30)14-23(36)22-13-18(29)3-5-25(22)42-21-8-11-41-12-9-21/h3-7,10,13,15,17,19,21,23H,8-9,11-12,14,16H2,1-2H3,(H,33,38)/t19-,23+/m0/s1. The number of hydrogen-bond acceptors (Lipinski definition) is 8. The van der Waals surface area contributed by atoms with Crippen LogP contribution >= 0.6 is 0 Å². The molecule has 2 atom stereocenters. The lowest BCUT2D eigenvalue weighted by Crippen LogP contribution is -2.42. The molecule has 5 heterocycles. The molecule has 0 unspecified atom stereocenters. The number of nitrogens with one attached hydrogen (secondary N) is 1. The van der Waals surface area contributed by atoms with Gasteiger partial charge in [0.25, 0.3) is 5.91 Å². The Hall–Kier alpha value is -4.24. The average Bonchev–Trinajstić information content (AvgIpc) is 3.71. The number of halogens is 2. The minimum Gasteiger partial charge on any atom is -0.490 e. The average molecular weight is 616 g/mol. The summed E-state index contributed by atoms with van der Waals surface area (Å²) >= 11 is 0. The molecule has 6 rings (SSSR count). The zero-order valence-corrected chi connectivity index (χ0v) is 24.4. The summed E-state index contributed by atoms with van der Waals surface area (Å²) in [5.41, 5.74) is 1.40. The number of anilines is 2. The number of ether oxygens (including phenoxy) is 2. The molecule has 0 aliphatic carbocycles. The number of amides is 1. The first kappa shape index (κ1) is 28.9. The second-order valence-corrected chi connectivity index (χ2v) is 12.3. The Morgan fingerprint density at radius 2 is 1.98 bits per heavy atom. The van der Waals surface area contributed by atoms with E-state index in [4.69, 9.17) is 9.47 Å². The maximum atomic E-state index is 15.0. The quantitative estimate of drug-likeness (QED) is 0.321. The van der Waals surface area contributed by atoms with Gasteiger partial charge < -0.3 is 14.4 Å². The molecule has 228 valence electrons. The SMILES string of the molecule is CN(c1ccn(C)n1)S(=O)(=O)NC(=O)c1cnc2ccc(N3C[C@@H](F)C[C@@H]3c3cc(F)ccc3OC3CCOCC3)cn12. The summed E-state index contributed by atoms with van der Waals surface area (Å²) in [6, 6.07) is 8.61. The fourth-order valence-electron chi connectivity index (χ4n) is 5.46. The molecule has 1 aromatic carbocycles. The monoisotopic (exact) mass is 615 g/mol. The van der Waals surface area contributed by atoms with E-state index in [1.54, 1.807) is 42.5 Å². The van der Waals surface area contributed by atoms with Gasteiger partial charge in [-0.25, -0.2) is 22.8 Å². The van der Waals surface area contributed by atoms with Crippen LogP contribution in [0.25, 0.3) is 5.65 Å². The normalized spacial score (nSPS) is 19.6. The maximum Gasteiger partial charge on any atom is 0.327 e. The van der Waals surface area contributed by atoms with E-state index in [0.717, 1.165) is 4.31 Å². The number of hydrogen-bond donors (Lipinski definition) is 1. The second-order valence-electron chi connectivity index (χ2n) is 10.6. The Balaban J connectivity index is 1.29. The fourth-order valence-corrected chi connectivity index (χ4v) is 6.28. The van der Waals surface area contributed by atoms with Crippen LogP contribution in [0.3, 0.4) is 0 Å². The van der Waals surface area contributed by atoms with Gasteiger partial charge in [0.05, 0.1) is 31.1 Å². The van der Waals surface area contributed by atoms with E-state index in [-0.39, 0.29) is 30.6 Å². The van der Waals surface area contributed by atoms with Crippen LogP contribution in [-0.4, -0.2) is 72.6 Å². The number of imidazole rings is 1. The lowest BCUT2D eigenvalue weighted by atomic mass is 10.0. The molecule has 2 fully saturated rings. The van der Waals surface area contributed by atoms with Crippen LogP contribution in [0.5, 0.6) is 5.75 Å².